The molecular weight excluding hydrogens is 278 g/mol. The van der Waals surface area contributed by atoms with Gasteiger partial charge in [-0.1, -0.05) is 20.4 Å². The van der Waals surface area contributed by atoms with Gasteiger partial charge in [0.25, 0.3) is 0 Å². The Kier molecular flexibility index (Phi) is 5.47. The molecule has 0 bridgehead atoms. The fourth-order valence-electron chi connectivity index (χ4n) is 1.59. The van der Waals surface area contributed by atoms with Gasteiger partial charge in [-0.2, -0.15) is 4.31 Å². The maximum atomic E-state index is 12.2. The van der Waals surface area contributed by atoms with E-state index in [2.05, 4.69) is 6.58 Å². The zero-order chi connectivity index (χ0) is 15.3. The van der Waals surface area contributed by atoms with Gasteiger partial charge in [0, 0.05) is 18.7 Å². The minimum Gasteiger partial charge on any atom is -0.423 e. The Morgan fingerprint density at radius 1 is 1.20 bits per heavy atom. The van der Waals surface area contributed by atoms with Gasteiger partial charge in [-0.25, -0.2) is 13.2 Å². The van der Waals surface area contributed by atoms with Crippen LogP contribution in [-0.2, 0) is 14.8 Å². The average Bonchev–Trinajstić information content (AvgIpc) is 2.40. The van der Waals surface area contributed by atoms with Crippen molar-refractivity contribution in [1.29, 1.82) is 0 Å². The van der Waals surface area contributed by atoms with Crippen molar-refractivity contribution in [3.8, 4) is 5.75 Å². The molecule has 5 nitrogen and oxygen atoms in total. The van der Waals surface area contributed by atoms with E-state index < -0.39 is 16.0 Å². The van der Waals surface area contributed by atoms with E-state index in [1.54, 1.807) is 20.8 Å². The second kappa shape index (κ2) is 6.67. The highest BCUT2D eigenvalue weighted by atomic mass is 32.2. The number of benzene rings is 1. The summed E-state index contributed by atoms with van der Waals surface area (Å²) < 4.78 is 30.9. The van der Waals surface area contributed by atoms with Crippen molar-refractivity contribution in [1.82, 2.24) is 4.31 Å². The Hall–Kier alpha value is -1.66. The van der Waals surface area contributed by atoms with Crippen LogP contribution in [0.3, 0.4) is 0 Å². The molecule has 1 aromatic carbocycles. The van der Waals surface area contributed by atoms with Crippen LogP contribution < -0.4 is 4.74 Å². The van der Waals surface area contributed by atoms with E-state index in [0.717, 1.165) is 0 Å². The zero-order valence-corrected chi connectivity index (χ0v) is 12.7. The van der Waals surface area contributed by atoms with E-state index in [4.69, 9.17) is 4.74 Å². The molecule has 0 spiro atoms. The third-order valence-electron chi connectivity index (χ3n) is 2.73. The van der Waals surface area contributed by atoms with Gasteiger partial charge in [0.15, 0.2) is 0 Å². The molecule has 0 heterocycles. The van der Waals surface area contributed by atoms with Crippen LogP contribution in [-0.4, -0.2) is 31.8 Å². The summed E-state index contributed by atoms with van der Waals surface area (Å²) in [6.07, 6.45) is 0. The predicted octanol–water partition coefficient (Wildman–Crippen LogP) is 2.20. The van der Waals surface area contributed by atoms with Crippen LogP contribution in [0, 0.1) is 0 Å². The first-order valence-electron chi connectivity index (χ1n) is 6.30. The Bertz CT molecular complexity index is 586. The number of nitrogens with zero attached hydrogens (tertiary/aromatic N) is 1. The van der Waals surface area contributed by atoms with Gasteiger partial charge in [-0.05, 0) is 31.2 Å². The first kappa shape index (κ1) is 16.4. The monoisotopic (exact) mass is 297 g/mol. The van der Waals surface area contributed by atoms with E-state index in [-0.39, 0.29) is 16.2 Å². The van der Waals surface area contributed by atoms with Crippen LogP contribution in [0.25, 0.3) is 0 Å². The van der Waals surface area contributed by atoms with E-state index >= 15 is 0 Å². The van der Waals surface area contributed by atoms with Crippen molar-refractivity contribution in [3.63, 3.8) is 0 Å². The molecule has 0 fully saturated rings. The van der Waals surface area contributed by atoms with Crippen LogP contribution >= 0.6 is 0 Å². The van der Waals surface area contributed by atoms with Crippen molar-refractivity contribution >= 4 is 16.0 Å². The quantitative estimate of drug-likeness (QED) is 0.459. The number of hydrogen-bond donors (Lipinski definition) is 0. The molecule has 0 saturated carbocycles. The van der Waals surface area contributed by atoms with E-state index in [0.29, 0.717) is 13.1 Å². The molecule has 1 rings (SSSR count). The SMILES string of the molecule is C=C(C)C(=O)Oc1ccc(S(=O)(=O)N(CC)CC)cc1. The molecular formula is C14H19NO4S. The van der Waals surface area contributed by atoms with E-state index in [9.17, 15) is 13.2 Å². The Labute approximate surface area is 119 Å². The van der Waals surface area contributed by atoms with Crippen molar-refractivity contribution in [2.75, 3.05) is 13.1 Å². The van der Waals surface area contributed by atoms with Crippen LogP contribution in [0.1, 0.15) is 20.8 Å². The Morgan fingerprint density at radius 3 is 2.10 bits per heavy atom. The second-order valence-corrected chi connectivity index (χ2v) is 6.17. The highest BCUT2D eigenvalue weighted by Gasteiger charge is 2.21. The predicted molar refractivity (Wildman–Crippen MR) is 77.0 cm³/mol. The lowest BCUT2D eigenvalue weighted by atomic mass is 10.3. The van der Waals surface area contributed by atoms with E-state index in [1.807, 2.05) is 0 Å². The number of carbonyl (C=O) groups excluding carboxylic acids is 1. The Balaban J connectivity index is 2.97. The maximum Gasteiger partial charge on any atom is 0.338 e. The summed E-state index contributed by atoms with van der Waals surface area (Å²) in [7, 11) is -3.49. The molecule has 0 amide bonds. The second-order valence-electron chi connectivity index (χ2n) is 4.23. The molecule has 0 unspecified atom stereocenters. The normalized spacial score (nSPS) is 11.4. The summed E-state index contributed by atoms with van der Waals surface area (Å²) in [5, 5.41) is 0. The number of esters is 1. The number of hydrogen-bond acceptors (Lipinski definition) is 4. The number of carbonyl (C=O) groups is 1. The summed E-state index contributed by atoms with van der Waals surface area (Å²) in [6.45, 7) is 9.40. The van der Waals surface area contributed by atoms with Gasteiger partial charge in [-0.3, -0.25) is 0 Å². The lowest BCUT2D eigenvalue weighted by Gasteiger charge is -2.18. The minimum absolute atomic E-state index is 0.177. The number of sulfonamides is 1. The fourth-order valence-corrected chi connectivity index (χ4v) is 3.04. The van der Waals surface area contributed by atoms with Crippen LogP contribution in [0.5, 0.6) is 5.75 Å². The van der Waals surface area contributed by atoms with Crippen molar-refractivity contribution in [2.24, 2.45) is 0 Å². The van der Waals surface area contributed by atoms with Gasteiger partial charge in [0.1, 0.15) is 5.75 Å². The van der Waals surface area contributed by atoms with Gasteiger partial charge in [0.2, 0.25) is 10.0 Å². The molecule has 0 saturated heterocycles. The van der Waals surface area contributed by atoms with Crippen molar-refractivity contribution in [2.45, 2.75) is 25.7 Å². The molecule has 0 aliphatic carbocycles. The zero-order valence-electron chi connectivity index (χ0n) is 11.9. The number of rotatable bonds is 6. The van der Waals surface area contributed by atoms with Gasteiger partial charge in [-0.15, -0.1) is 0 Å². The lowest BCUT2D eigenvalue weighted by Crippen LogP contribution is -2.30. The smallest absolute Gasteiger partial charge is 0.338 e. The molecule has 6 heteroatoms. The van der Waals surface area contributed by atoms with E-state index in [1.165, 1.54) is 28.6 Å². The van der Waals surface area contributed by atoms with Crippen molar-refractivity contribution in [3.05, 3.63) is 36.4 Å². The molecule has 110 valence electrons. The largest absolute Gasteiger partial charge is 0.423 e. The molecule has 1 aromatic rings. The van der Waals surface area contributed by atoms with Crippen LogP contribution in [0.4, 0.5) is 0 Å². The Morgan fingerprint density at radius 2 is 1.70 bits per heavy atom. The molecule has 0 atom stereocenters. The summed E-state index contributed by atoms with van der Waals surface area (Å²) in [4.78, 5) is 11.5. The standard InChI is InChI=1S/C14H19NO4S/c1-5-15(6-2)20(17,18)13-9-7-12(8-10-13)19-14(16)11(3)4/h7-10H,3,5-6H2,1-2,4H3. The highest BCUT2D eigenvalue weighted by molar-refractivity contribution is 7.89. The van der Waals surface area contributed by atoms with Crippen LogP contribution in [0.15, 0.2) is 41.3 Å². The summed E-state index contributed by atoms with van der Waals surface area (Å²) >= 11 is 0. The summed E-state index contributed by atoms with van der Waals surface area (Å²) in [6, 6.07) is 5.76. The van der Waals surface area contributed by atoms with Crippen LogP contribution in [0.2, 0.25) is 0 Å². The van der Waals surface area contributed by atoms with Gasteiger partial charge < -0.3 is 4.74 Å². The first-order chi connectivity index (χ1) is 9.32. The average molecular weight is 297 g/mol. The first-order valence-corrected chi connectivity index (χ1v) is 7.74. The van der Waals surface area contributed by atoms with Gasteiger partial charge >= 0.3 is 5.97 Å². The molecule has 0 aliphatic rings. The summed E-state index contributed by atoms with van der Waals surface area (Å²) in [5.74, 6) is -0.249. The fraction of sp³-hybridized carbons (Fsp3) is 0.357. The lowest BCUT2D eigenvalue weighted by molar-refractivity contribution is -0.130. The van der Waals surface area contributed by atoms with Gasteiger partial charge in [0.05, 0.1) is 4.90 Å². The third-order valence-corrected chi connectivity index (χ3v) is 4.79. The minimum atomic E-state index is -3.49. The molecule has 0 N–H and O–H groups in total. The molecule has 0 radical (unpaired) electrons. The highest BCUT2D eigenvalue weighted by Crippen LogP contribution is 2.20. The maximum absolute atomic E-state index is 12.2. The molecule has 0 aliphatic heterocycles. The number of ether oxygens (including phenoxy) is 1. The third kappa shape index (κ3) is 3.68. The molecule has 20 heavy (non-hydrogen) atoms. The topological polar surface area (TPSA) is 63.7 Å². The molecule has 0 aromatic heterocycles. The van der Waals surface area contributed by atoms with Crippen molar-refractivity contribution < 1.29 is 17.9 Å². The summed E-state index contributed by atoms with van der Waals surface area (Å²) in [5.41, 5.74) is 0.282.